The zero-order chi connectivity index (χ0) is 9.84. The highest BCUT2D eigenvalue weighted by Crippen LogP contribution is 2.19. The van der Waals surface area contributed by atoms with E-state index in [-0.39, 0.29) is 0 Å². The third-order valence-corrected chi connectivity index (χ3v) is 2.22. The fraction of sp³-hybridized carbons (Fsp3) is 0.727. The maximum Gasteiger partial charge on any atom is 0.139 e. The minimum Gasteiger partial charge on any atom is -0.361 e. The van der Waals surface area contributed by atoms with Crippen LogP contribution in [0.25, 0.3) is 0 Å². The van der Waals surface area contributed by atoms with Crippen LogP contribution >= 0.6 is 0 Å². The normalized spacial score (nSPS) is 11.2. The molecule has 0 spiro atoms. The number of nitrogens with zero attached hydrogens (tertiary/aromatic N) is 1. The highest BCUT2D eigenvalue weighted by Gasteiger charge is 2.13. The van der Waals surface area contributed by atoms with Gasteiger partial charge in [-0.05, 0) is 18.8 Å². The second kappa shape index (κ2) is 4.45. The molecule has 0 aliphatic heterocycles. The lowest BCUT2D eigenvalue weighted by molar-refractivity contribution is 0.379. The topological polar surface area (TPSA) is 26.0 Å². The van der Waals surface area contributed by atoms with Crippen LogP contribution in [0.5, 0.6) is 0 Å². The average Bonchev–Trinajstić information content (AvgIpc) is 2.46. The quantitative estimate of drug-likeness (QED) is 0.713. The van der Waals surface area contributed by atoms with Crippen molar-refractivity contribution in [1.82, 2.24) is 5.16 Å². The third-order valence-electron chi connectivity index (χ3n) is 2.22. The van der Waals surface area contributed by atoms with Gasteiger partial charge in [-0.1, -0.05) is 32.9 Å². The van der Waals surface area contributed by atoms with Crippen molar-refractivity contribution in [3.8, 4) is 0 Å². The maximum absolute atomic E-state index is 5.29. The van der Waals surface area contributed by atoms with Gasteiger partial charge in [0.1, 0.15) is 5.76 Å². The van der Waals surface area contributed by atoms with E-state index >= 15 is 0 Å². The number of aryl methyl sites for hydroxylation is 2. The molecule has 1 heterocycles. The van der Waals surface area contributed by atoms with Gasteiger partial charge in [0.05, 0.1) is 5.69 Å². The number of aromatic nitrogens is 1. The van der Waals surface area contributed by atoms with Crippen molar-refractivity contribution in [3.05, 3.63) is 17.0 Å². The second-order valence-electron chi connectivity index (χ2n) is 3.84. The summed E-state index contributed by atoms with van der Waals surface area (Å²) >= 11 is 0. The maximum atomic E-state index is 5.29. The van der Waals surface area contributed by atoms with Gasteiger partial charge in [-0.2, -0.15) is 0 Å². The molecule has 1 rings (SSSR count). The molecular formula is C11H19NO. The van der Waals surface area contributed by atoms with Gasteiger partial charge in [-0.25, -0.2) is 0 Å². The predicted octanol–water partition coefficient (Wildman–Crippen LogP) is 3.00. The molecule has 0 saturated heterocycles. The average molecular weight is 181 g/mol. The van der Waals surface area contributed by atoms with Crippen LogP contribution in [-0.4, -0.2) is 5.16 Å². The van der Waals surface area contributed by atoms with E-state index in [1.165, 1.54) is 5.56 Å². The Labute approximate surface area is 80.3 Å². The molecule has 0 amide bonds. The summed E-state index contributed by atoms with van der Waals surface area (Å²) in [6.07, 6.45) is 3.02. The van der Waals surface area contributed by atoms with Crippen LogP contribution < -0.4 is 0 Å². The van der Waals surface area contributed by atoms with Gasteiger partial charge < -0.3 is 4.52 Å². The van der Waals surface area contributed by atoms with Crippen LogP contribution in [0.4, 0.5) is 0 Å². The summed E-state index contributed by atoms with van der Waals surface area (Å²) in [6.45, 7) is 8.70. The smallest absolute Gasteiger partial charge is 0.139 e. The molecule has 0 aliphatic rings. The van der Waals surface area contributed by atoms with Crippen molar-refractivity contribution < 1.29 is 4.52 Å². The summed E-state index contributed by atoms with van der Waals surface area (Å²) in [5.41, 5.74) is 2.49. The van der Waals surface area contributed by atoms with Crippen molar-refractivity contribution in [2.24, 2.45) is 5.92 Å². The largest absolute Gasteiger partial charge is 0.361 e. The molecule has 13 heavy (non-hydrogen) atoms. The van der Waals surface area contributed by atoms with Gasteiger partial charge in [-0.3, -0.25) is 0 Å². The molecule has 1 aromatic rings. The molecule has 0 N–H and O–H groups in total. The van der Waals surface area contributed by atoms with Crippen LogP contribution in [0.15, 0.2) is 4.52 Å². The van der Waals surface area contributed by atoms with Crippen molar-refractivity contribution in [2.45, 2.75) is 47.0 Å². The molecule has 2 nitrogen and oxygen atoms in total. The Hall–Kier alpha value is -0.790. The summed E-state index contributed by atoms with van der Waals surface area (Å²) < 4.78 is 5.29. The van der Waals surface area contributed by atoms with E-state index < -0.39 is 0 Å². The number of rotatable bonds is 4. The molecule has 0 fully saturated rings. The lowest BCUT2D eigenvalue weighted by Gasteiger charge is -2.04. The van der Waals surface area contributed by atoms with Crippen molar-refractivity contribution in [1.29, 1.82) is 0 Å². The molecule has 1 aromatic heterocycles. The molecule has 0 saturated carbocycles. The zero-order valence-electron chi connectivity index (χ0n) is 9.05. The van der Waals surface area contributed by atoms with Gasteiger partial charge in [0.2, 0.25) is 0 Å². The van der Waals surface area contributed by atoms with Crippen LogP contribution in [-0.2, 0) is 19.3 Å². The Morgan fingerprint density at radius 3 is 2.38 bits per heavy atom. The van der Waals surface area contributed by atoms with E-state index in [4.69, 9.17) is 4.52 Å². The fourth-order valence-electron chi connectivity index (χ4n) is 1.58. The van der Waals surface area contributed by atoms with E-state index in [0.29, 0.717) is 5.92 Å². The SMILES string of the molecule is CCc1noc(CC)c1CC(C)C. The number of hydrogen-bond acceptors (Lipinski definition) is 2. The Kier molecular flexibility index (Phi) is 3.52. The first-order valence-corrected chi connectivity index (χ1v) is 5.15. The van der Waals surface area contributed by atoms with Gasteiger partial charge in [0, 0.05) is 12.0 Å². The fourth-order valence-corrected chi connectivity index (χ4v) is 1.58. The Bertz CT molecular complexity index is 242. The van der Waals surface area contributed by atoms with Crippen LogP contribution in [0.3, 0.4) is 0 Å². The van der Waals surface area contributed by atoms with E-state index in [2.05, 4.69) is 32.9 Å². The summed E-state index contributed by atoms with van der Waals surface area (Å²) in [6, 6.07) is 0. The molecule has 0 aliphatic carbocycles. The predicted molar refractivity (Wildman–Crippen MR) is 53.8 cm³/mol. The van der Waals surface area contributed by atoms with Crippen LogP contribution in [0.2, 0.25) is 0 Å². The minimum atomic E-state index is 0.676. The van der Waals surface area contributed by atoms with Crippen LogP contribution in [0, 0.1) is 5.92 Å². The summed E-state index contributed by atoms with van der Waals surface area (Å²) in [5, 5.41) is 4.08. The highest BCUT2D eigenvalue weighted by atomic mass is 16.5. The molecule has 0 bridgehead atoms. The molecule has 0 atom stereocenters. The third kappa shape index (κ3) is 2.33. The molecule has 2 heteroatoms. The molecule has 74 valence electrons. The van der Waals surface area contributed by atoms with Gasteiger partial charge in [0.25, 0.3) is 0 Å². The van der Waals surface area contributed by atoms with Crippen molar-refractivity contribution in [3.63, 3.8) is 0 Å². The van der Waals surface area contributed by atoms with Crippen molar-refractivity contribution in [2.75, 3.05) is 0 Å². The molecule has 0 aromatic carbocycles. The van der Waals surface area contributed by atoms with E-state index in [1.54, 1.807) is 0 Å². The zero-order valence-corrected chi connectivity index (χ0v) is 9.05. The van der Waals surface area contributed by atoms with E-state index in [9.17, 15) is 0 Å². The first-order chi connectivity index (χ1) is 6.19. The standard InChI is InChI=1S/C11H19NO/c1-5-10-9(7-8(3)4)11(6-2)13-12-10/h8H,5-7H2,1-4H3. The number of hydrogen-bond donors (Lipinski definition) is 0. The monoisotopic (exact) mass is 181 g/mol. The Balaban J connectivity index is 2.91. The highest BCUT2D eigenvalue weighted by molar-refractivity contribution is 5.23. The van der Waals surface area contributed by atoms with Gasteiger partial charge in [0.15, 0.2) is 0 Å². The molecule has 0 radical (unpaired) electrons. The Morgan fingerprint density at radius 2 is 1.92 bits per heavy atom. The first kappa shape index (κ1) is 10.3. The molecule has 0 unspecified atom stereocenters. The Morgan fingerprint density at radius 1 is 1.23 bits per heavy atom. The van der Waals surface area contributed by atoms with Crippen LogP contribution in [0.1, 0.15) is 44.7 Å². The van der Waals surface area contributed by atoms with E-state index in [0.717, 1.165) is 30.7 Å². The first-order valence-electron chi connectivity index (χ1n) is 5.15. The van der Waals surface area contributed by atoms with Gasteiger partial charge >= 0.3 is 0 Å². The summed E-state index contributed by atoms with van der Waals surface area (Å²) in [5.74, 6) is 1.75. The lowest BCUT2D eigenvalue weighted by Crippen LogP contribution is -1.99. The van der Waals surface area contributed by atoms with Crippen molar-refractivity contribution >= 4 is 0 Å². The molecular weight excluding hydrogens is 162 g/mol. The summed E-state index contributed by atoms with van der Waals surface area (Å²) in [7, 11) is 0. The summed E-state index contributed by atoms with van der Waals surface area (Å²) in [4.78, 5) is 0. The second-order valence-corrected chi connectivity index (χ2v) is 3.84. The minimum absolute atomic E-state index is 0.676. The van der Waals surface area contributed by atoms with Gasteiger partial charge in [-0.15, -0.1) is 0 Å². The van der Waals surface area contributed by atoms with E-state index in [1.807, 2.05) is 0 Å². The lowest BCUT2D eigenvalue weighted by atomic mass is 9.99.